The van der Waals surface area contributed by atoms with Crippen LogP contribution < -0.4 is 20.9 Å². The highest BCUT2D eigenvalue weighted by atomic mass is 79.9. The van der Waals surface area contributed by atoms with Gasteiger partial charge in [-0.3, -0.25) is 4.79 Å². The highest BCUT2D eigenvalue weighted by Crippen LogP contribution is 2.34. The van der Waals surface area contributed by atoms with Gasteiger partial charge in [0.25, 0.3) is 10.0 Å². The van der Waals surface area contributed by atoms with Crippen molar-refractivity contribution in [1.29, 1.82) is 0 Å². The van der Waals surface area contributed by atoms with Crippen molar-refractivity contribution in [2.24, 2.45) is 16.6 Å². The molecule has 0 aliphatic heterocycles. The monoisotopic (exact) mass is 554 g/mol. The summed E-state index contributed by atoms with van der Waals surface area (Å²) in [5.74, 6) is -0.895. The number of nitrogens with one attached hydrogen (secondary N) is 1. The summed E-state index contributed by atoms with van der Waals surface area (Å²) in [5, 5.41) is 12.8. The Morgan fingerprint density at radius 3 is 2.52 bits per heavy atom. The lowest BCUT2D eigenvalue weighted by molar-refractivity contribution is -0.138. The molecule has 10 nitrogen and oxygen atoms in total. The van der Waals surface area contributed by atoms with Gasteiger partial charge in [0.2, 0.25) is 5.96 Å². The number of halogens is 2. The maximum absolute atomic E-state index is 12.5. The number of benzene rings is 1. The second-order valence-electron chi connectivity index (χ2n) is 6.10. The molecule has 14 heteroatoms. The lowest BCUT2D eigenvalue weighted by atomic mass is 10.1. The molecule has 2 rings (SSSR count). The average Bonchev–Trinajstić information content (AvgIpc) is 3.04. The fourth-order valence-electron chi connectivity index (χ4n) is 2.28. The molecule has 1 aromatic carbocycles. The van der Waals surface area contributed by atoms with Crippen molar-refractivity contribution in [2.45, 2.75) is 23.1 Å². The fourth-order valence-corrected chi connectivity index (χ4v) is 5.78. The van der Waals surface area contributed by atoms with Crippen LogP contribution in [0.3, 0.4) is 0 Å². The van der Waals surface area contributed by atoms with E-state index in [0.717, 1.165) is 11.3 Å². The van der Waals surface area contributed by atoms with Crippen LogP contribution in [0.5, 0.6) is 5.75 Å². The summed E-state index contributed by atoms with van der Waals surface area (Å²) in [7, 11) is -4.05. The zero-order valence-electron chi connectivity index (χ0n) is 16.0. The molecule has 0 aliphatic rings. The number of guanidine groups is 1. The number of carboxylic acids is 1. The van der Waals surface area contributed by atoms with E-state index in [1.165, 1.54) is 6.07 Å². The number of carbonyl (C=O) groups is 1. The normalized spacial score (nSPS) is 12.2. The Morgan fingerprint density at radius 2 is 1.97 bits per heavy atom. The first kappa shape index (κ1) is 25.2. The molecule has 170 valence electrons. The number of nitrogens with zero attached hydrogens (tertiary/aromatic N) is 1. The summed E-state index contributed by atoms with van der Waals surface area (Å²) in [6.45, 7) is 0.637. The van der Waals surface area contributed by atoms with E-state index in [0.29, 0.717) is 28.8 Å². The summed E-state index contributed by atoms with van der Waals surface area (Å²) in [6.07, 6.45) is 0.492. The van der Waals surface area contributed by atoms with Crippen molar-refractivity contribution >= 4 is 60.8 Å². The molecule has 0 bridgehead atoms. The molecule has 0 aliphatic carbocycles. The van der Waals surface area contributed by atoms with Crippen molar-refractivity contribution in [3.05, 3.63) is 44.7 Å². The minimum Gasteiger partial charge on any atom is -0.493 e. The Kier molecular flexibility index (Phi) is 9.37. The molecule has 1 atom stereocenters. The molecule has 31 heavy (non-hydrogen) atoms. The van der Waals surface area contributed by atoms with Crippen LogP contribution >= 0.6 is 38.9 Å². The van der Waals surface area contributed by atoms with Crippen molar-refractivity contribution in [3.63, 3.8) is 0 Å². The molecule has 0 radical (unpaired) electrons. The van der Waals surface area contributed by atoms with Crippen LogP contribution in [0.15, 0.2) is 44.2 Å². The van der Waals surface area contributed by atoms with Crippen LogP contribution in [0.2, 0.25) is 4.34 Å². The molecule has 1 heterocycles. The zero-order valence-corrected chi connectivity index (χ0v) is 19.9. The van der Waals surface area contributed by atoms with Crippen LogP contribution in [0, 0.1) is 0 Å². The first-order valence-corrected chi connectivity index (χ1v) is 12.2. The maximum Gasteiger partial charge on any atom is 0.322 e. The third-order valence-corrected chi connectivity index (χ3v) is 8.08. The van der Waals surface area contributed by atoms with Gasteiger partial charge < -0.3 is 26.1 Å². The number of sulfonamides is 1. The number of nitrogens with two attached hydrogens (primary N) is 2. The van der Waals surface area contributed by atoms with Crippen molar-refractivity contribution in [2.75, 3.05) is 13.2 Å². The van der Waals surface area contributed by atoms with Crippen LogP contribution in [0.4, 0.5) is 0 Å². The predicted molar refractivity (Wildman–Crippen MR) is 121 cm³/mol. The van der Waals surface area contributed by atoms with Gasteiger partial charge in [0.05, 0.1) is 6.61 Å². The Balaban J connectivity index is 1.93. The summed E-state index contributed by atoms with van der Waals surface area (Å²) in [6, 6.07) is 6.61. The van der Waals surface area contributed by atoms with Crippen molar-refractivity contribution < 1.29 is 27.9 Å². The maximum atomic E-state index is 12.5. The molecule has 0 saturated carbocycles. The predicted octanol–water partition coefficient (Wildman–Crippen LogP) is 2.11. The highest BCUT2D eigenvalue weighted by molar-refractivity contribution is 9.10. The summed E-state index contributed by atoms with van der Waals surface area (Å²) >= 11 is 9.84. The zero-order chi connectivity index (χ0) is 23.0. The second-order valence-corrected chi connectivity index (χ2v) is 10.5. The van der Waals surface area contributed by atoms with Gasteiger partial charge in [-0.25, -0.2) is 8.42 Å². The van der Waals surface area contributed by atoms with Crippen LogP contribution in [0.1, 0.15) is 12.0 Å². The summed E-state index contributed by atoms with van der Waals surface area (Å²) in [5.41, 5.74) is 10.9. The Morgan fingerprint density at radius 1 is 1.29 bits per heavy atom. The van der Waals surface area contributed by atoms with Gasteiger partial charge in [0.15, 0.2) is 0 Å². The molecule has 0 amide bonds. The molecule has 6 N–H and O–H groups in total. The fraction of sp³-hybridized carbons (Fsp3) is 0.294. The van der Waals surface area contributed by atoms with Gasteiger partial charge in [-0.15, -0.1) is 11.3 Å². The van der Waals surface area contributed by atoms with Gasteiger partial charge in [0, 0.05) is 10.9 Å². The molecular formula is C17H20BrClN4O6S2. The molecule has 2 aromatic rings. The standard InChI is InChI=1S/C17H20BrClN4O6S2/c18-12-9-14(30-15(12)19)31(26,27)23-13(16(24)25)8-10-2-4-11(5-3-10)28-6-1-7-29-22-17(20)21/h2-5,9,13,23H,1,6-8H2,(H,24,25)(H4,20,21,22). The Labute approximate surface area is 196 Å². The number of ether oxygens (including phenoxy) is 1. The summed E-state index contributed by atoms with van der Waals surface area (Å²) < 4.78 is 33.3. The minimum absolute atomic E-state index is 0.0541. The third kappa shape index (κ3) is 8.18. The number of hydrogen-bond donors (Lipinski definition) is 4. The lowest BCUT2D eigenvalue weighted by Gasteiger charge is -2.14. The largest absolute Gasteiger partial charge is 0.493 e. The number of carboxylic acid groups (broad SMARTS) is 1. The van der Waals surface area contributed by atoms with Crippen molar-refractivity contribution in [1.82, 2.24) is 4.72 Å². The van der Waals surface area contributed by atoms with Gasteiger partial charge in [-0.1, -0.05) is 23.7 Å². The van der Waals surface area contributed by atoms with E-state index in [4.69, 9.17) is 32.6 Å². The molecular weight excluding hydrogens is 536 g/mol. The first-order valence-electron chi connectivity index (χ1n) is 8.71. The van der Waals surface area contributed by atoms with Gasteiger partial charge in [-0.2, -0.15) is 4.72 Å². The van der Waals surface area contributed by atoms with E-state index < -0.39 is 22.0 Å². The van der Waals surface area contributed by atoms with E-state index >= 15 is 0 Å². The molecule has 0 saturated heterocycles. The number of thiophene rings is 1. The Hall–Kier alpha value is -2.06. The second kappa shape index (κ2) is 11.5. The topological polar surface area (TPSA) is 166 Å². The van der Waals surface area contributed by atoms with E-state index in [1.807, 2.05) is 0 Å². The summed E-state index contributed by atoms with van der Waals surface area (Å²) in [4.78, 5) is 16.4. The van der Waals surface area contributed by atoms with E-state index in [9.17, 15) is 18.3 Å². The van der Waals surface area contributed by atoms with Crippen LogP contribution in [0.25, 0.3) is 0 Å². The number of aliphatic carboxylic acids is 1. The molecule has 1 unspecified atom stereocenters. The lowest BCUT2D eigenvalue weighted by Crippen LogP contribution is -2.42. The van der Waals surface area contributed by atoms with E-state index in [1.54, 1.807) is 24.3 Å². The third-order valence-electron chi connectivity index (χ3n) is 3.66. The molecule has 0 spiro atoms. The quantitative estimate of drug-likeness (QED) is 0.134. The van der Waals surface area contributed by atoms with E-state index in [2.05, 4.69) is 25.8 Å². The SMILES string of the molecule is NC(N)=NOCCCOc1ccc(CC(NS(=O)(=O)c2cc(Br)c(Cl)s2)C(=O)O)cc1. The smallest absolute Gasteiger partial charge is 0.322 e. The van der Waals surface area contributed by atoms with Crippen molar-refractivity contribution in [3.8, 4) is 5.75 Å². The average molecular weight is 556 g/mol. The minimum atomic E-state index is -4.05. The van der Waals surface area contributed by atoms with Crippen LogP contribution in [-0.2, 0) is 26.1 Å². The van der Waals surface area contributed by atoms with Gasteiger partial charge in [0.1, 0.15) is 26.9 Å². The van der Waals surface area contributed by atoms with Gasteiger partial charge >= 0.3 is 5.97 Å². The number of hydrogen-bond acceptors (Lipinski definition) is 7. The Bertz CT molecular complexity index is 1010. The number of oxime groups is 1. The van der Waals surface area contributed by atoms with E-state index in [-0.39, 0.29) is 27.5 Å². The highest BCUT2D eigenvalue weighted by Gasteiger charge is 2.27. The van der Waals surface area contributed by atoms with Crippen LogP contribution in [-0.4, -0.2) is 44.7 Å². The molecule has 0 fully saturated rings. The first-order chi connectivity index (χ1) is 14.6. The molecule has 1 aromatic heterocycles. The van der Waals surface area contributed by atoms with Gasteiger partial charge in [-0.05, 0) is 51.3 Å². The number of rotatable bonds is 12.